The second-order valence-electron chi connectivity index (χ2n) is 5.92. The summed E-state index contributed by atoms with van der Waals surface area (Å²) in [6.45, 7) is 2.61. The van der Waals surface area contributed by atoms with E-state index >= 15 is 0 Å². The van der Waals surface area contributed by atoms with Gasteiger partial charge in [-0.15, -0.1) is 0 Å². The quantitative estimate of drug-likeness (QED) is 0.809. The molecule has 1 aromatic carbocycles. The molecule has 3 N–H and O–H groups in total. The Morgan fingerprint density at radius 1 is 1.29 bits per heavy atom. The molecule has 4 nitrogen and oxygen atoms in total. The first-order valence-corrected chi connectivity index (χ1v) is 7.93. The molecule has 1 aliphatic carbocycles. The third-order valence-electron chi connectivity index (χ3n) is 4.22. The molecule has 0 heterocycles. The molecule has 0 aliphatic heterocycles. The Bertz CT molecular complexity index is 439. The molecule has 1 saturated carbocycles. The first-order chi connectivity index (χ1) is 10.1. The monoisotopic (exact) mass is 290 g/mol. The Balaban J connectivity index is 1.79. The lowest BCUT2D eigenvalue weighted by Crippen LogP contribution is -2.27. The third kappa shape index (κ3) is 5.29. The fourth-order valence-corrected chi connectivity index (χ4v) is 2.93. The highest BCUT2D eigenvalue weighted by atomic mass is 16.5. The lowest BCUT2D eigenvalue weighted by Gasteiger charge is -2.29. The van der Waals surface area contributed by atoms with Gasteiger partial charge in [-0.25, -0.2) is 0 Å². The van der Waals surface area contributed by atoms with E-state index in [0.717, 1.165) is 17.4 Å². The molecule has 1 aliphatic rings. The average Bonchev–Trinajstić information content (AvgIpc) is 2.49. The van der Waals surface area contributed by atoms with E-state index in [2.05, 4.69) is 12.2 Å². The smallest absolute Gasteiger partial charge is 0.220 e. The van der Waals surface area contributed by atoms with Gasteiger partial charge in [-0.1, -0.05) is 19.3 Å². The number of rotatable bonds is 7. The number of hydrogen-bond donors (Lipinski definition) is 2. The number of benzene rings is 1. The maximum absolute atomic E-state index is 10.6. The van der Waals surface area contributed by atoms with E-state index in [4.69, 9.17) is 10.5 Å². The molecule has 1 unspecified atom stereocenters. The fourth-order valence-electron chi connectivity index (χ4n) is 2.93. The summed E-state index contributed by atoms with van der Waals surface area (Å²) in [6.07, 6.45) is 7.04. The molecule has 0 spiro atoms. The maximum Gasteiger partial charge on any atom is 0.220 e. The average molecular weight is 290 g/mol. The topological polar surface area (TPSA) is 64.3 Å². The van der Waals surface area contributed by atoms with Gasteiger partial charge in [0.15, 0.2) is 0 Å². The number of ether oxygens (including phenoxy) is 1. The Morgan fingerprint density at radius 3 is 2.57 bits per heavy atom. The van der Waals surface area contributed by atoms with Crippen LogP contribution in [0.2, 0.25) is 0 Å². The molecule has 1 atom stereocenters. The molecule has 0 saturated heterocycles. The molecule has 0 radical (unpaired) electrons. The minimum Gasteiger partial charge on any atom is -0.493 e. The van der Waals surface area contributed by atoms with E-state index in [1.807, 2.05) is 24.3 Å². The molecule has 2 rings (SSSR count). The molecule has 0 bridgehead atoms. The van der Waals surface area contributed by atoms with Crippen LogP contribution in [0.5, 0.6) is 5.75 Å². The number of amides is 1. The molecule has 116 valence electrons. The SMILES string of the molecule is CC(Nc1ccc(OCCC(N)=O)cc1)C1CCCCC1. The zero-order valence-electron chi connectivity index (χ0n) is 12.8. The molecular formula is C17H26N2O2. The molecule has 0 aromatic heterocycles. The number of nitrogens with two attached hydrogens (primary N) is 1. The lowest BCUT2D eigenvalue weighted by molar-refractivity contribution is -0.118. The van der Waals surface area contributed by atoms with Crippen molar-refractivity contribution in [3.05, 3.63) is 24.3 Å². The normalized spacial score (nSPS) is 17.2. The number of anilines is 1. The van der Waals surface area contributed by atoms with Crippen molar-refractivity contribution < 1.29 is 9.53 Å². The number of carbonyl (C=O) groups excluding carboxylic acids is 1. The molecule has 4 heteroatoms. The summed E-state index contributed by atoms with van der Waals surface area (Å²) in [5.41, 5.74) is 6.20. The largest absolute Gasteiger partial charge is 0.493 e. The van der Waals surface area contributed by atoms with Gasteiger partial charge in [0.1, 0.15) is 5.75 Å². The van der Waals surface area contributed by atoms with Gasteiger partial charge in [-0.2, -0.15) is 0 Å². The summed E-state index contributed by atoms with van der Waals surface area (Å²) < 4.78 is 5.46. The summed E-state index contributed by atoms with van der Waals surface area (Å²) >= 11 is 0. The lowest BCUT2D eigenvalue weighted by atomic mass is 9.84. The van der Waals surface area contributed by atoms with Gasteiger partial charge in [-0.3, -0.25) is 4.79 Å². The van der Waals surface area contributed by atoms with Gasteiger partial charge in [0.2, 0.25) is 5.91 Å². The van der Waals surface area contributed by atoms with E-state index < -0.39 is 0 Å². The number of primary amides is 1. The summed E-state index contributed by atoms with van der Waals surface area (Å²) in [5, 5.41) is 3.58. The van der Waals surface area contributed by atoms with E-state index in [1.54, 1.807) is 0 Å². The van der Waals surface area contributed by atoms with Crippen molar-refractivity contribution in [3.8, 4) is 5.75 Å². The number of hydrogen-bond acceptors (Lipinski definition) is 3. The Kier molecular flexibility index (Phi) is 5.90. The van der Waals surface area contributed by atoms with Gasteiger partial charge in [-0.05, 0) is 49.9 Å². The highest BCUT2D eigenvalue weighted by Gasteiger charge is 2.19. The maximum atomic E-state index is 10.6. The summed E-state index contributed by atoms with van der Waals surface area (Å²) in [7, 11) is 0. The van der Waals surface area contributed by atoms with Gasteiger partial charge >= 0.3 is 0 Å². The van der Waals surface area contributed by atoms with E-state index in [9.17, 15) is 4.79 Å². The van der Waals surface area contributed by atoms with Gasteiger partial charge < -0.3 is 15.8 Å². The van der Waals surface area contributed by atoms with Crippen LogP contribution in [0.25, 0.3) is 0 Å². The van der Waals surface area contributed by atoms with Crippen molar-refractivity contribution in [2.24, 2.45) is 11.7 Å². The van der Waals surface area contributed by atoms with Crippen LogP contribution in [0.4, 0.5) is 5.69 Å². The van der Waals surface area contributed by atoms with Crippen LogP contribution >= 0.6 is 0 Å². The van der Waals surface area contributed by atoms with Crippen molar-refractivity contribution in [1.29, 1.82) is 0 Å². The van der Waals surface area contributed by atoms with Crippen LogP contribution in [0.3, 0.4) is 0 Å². The van der Waals surface area contributed by atoms with E-state index in [1.165, 1.54) is 32.1 Å². The molecule has 1 aromatic rings. The first kappa shape index (κ1) is 15.7. The molecular weight excluding hydrogens is 264 g/mol. The predicted octanol–water partition coefficient (Wildman–Crippen LogP) is 3.32. The molecule has 1 fully saturated rings. The van der Waals surface area contributed by atoms with Crippen LogP contribution in [0.15, 0.2) is 24.3 Å². The van der Waals surface area contributed by atoms with Crippen LogP contribution in [0, 0.1) is 5.92 Å². The predicted molar refractivity (Wildman–Crippen MR) is 85.4 cm³/mol. The van der Waals surface area contributed by atoms with E-state index in [0.29, 0.717) is 12.6 Å². The highest BCUT2D eigenvalue weighted by molar-refractivity contribution is 5.73. The Labute approximate surface area is 127 Å². The zero-order valence-corrected chi connectivity index (χ0v) is 12.8. The third-order valence-corrected chi connectivity index (χ3v) is 4.22. The summed E-state index contributed by atoms with van der Waals surface area (Å²) in [5.74, 6) is 1.21. The van der Waals surface area contributed by atoms with E-state index in [-0.39, 0.29) is 12.3 Å². The van der Waals surface area contributed by atoms with Gasteiger partial charge in [0.25, 0.3) is 0 Å². The standard InChI is InChI=1S/C17H26N2O2/c1-13(14-5-3-2-4-6-14)19-15-7-9-16(10-8-15)21-12-11-17(18)20/h7-10,13-14,19H,2-6,11-12H2,1H3,(H2,18,20). The Morgan fingerprint density at radius 2 is 1.95 bits per heavy atom. The van der Waals surface area contributed by atoms with Crippen molar-refractivity contribution in [3.63, 3.8) is 0 Å². The summed E-state index contributed by atoms with van der Waals surface area (Å²) in [6, 6.07) is 8.41. The van der Waals surface area contributed by atoms with Gasteiger partial charge in [0.05, 0.1) is 13.0 Å². The Hall–Kier alpha value is -1.71. The fraction of sp³-hybridized carbons (Fsp3) is 0.588. The second-order valence-corrected chi connectivity index (χ2v) is 5.92. The van der Waals surface area contributed by atoms with Crippen molar-refractivity contribution in [2.45, 2.75) is 51.5 Å². The highest BCUT2D eigenvalue weighted by Crippen LogP contribution is 2.28. The zero-order chi connectivity index (χ0) is 15.1. The second kappa shape index (κ2) is 7.91. The minimum absolute atomic E-state index is 0.249. The number of carbonyl (C=O) groups is 1. The molecule has 21 heavy (non-hydrogen) atoms. The van der Waals surface area contributed by atoms with Crippen LogP contribution in [-0.2, 0) is 4.79 Å². The van der Waals surface area contributed by atoms with Crippen LogP contribution < -0.4 is 15.8 Å². The van der Waals surface area contributed by atoms with Crippen molar-refractivity contribution >= 4 is 11.6 Å². The van der Waals surface area contributed by atoms with Crippen LogP contribution in [-0.4, -0.2) is 18.6 Å². The molecule has 1 amide bonds. The first-order valence-electron chi connectivity index (χ1n) is 7.93. The number of nitrogens with one attached hydrogen (secondary N) is 1. The van der Waals surface area contributed by atoms with Crippen molar-refractivity contribution in [1.82, 2.24) is 0 Å². The minimum atomic E-state index is -0.338. The van der Waals surface area contributed by atoms with Crippen molar-refractivity contribution in [2.75, 3.05) is 11.9 Å². The van der Waals surface area contributed by atoms with Gasteiger partial charge in [0, 0.05) is 11.7 Å². The summed E-state index contributed by atoms with van der Waals surface area (Å²) in [4.78, 5) is 10.6. The van der Waals surface area contributed by atoms with Crippen LogP contribution in [0.1, 0.15) is 45.4 Å².